The van der Waals surface area contributed by atoms with Gasteiger partial charge in [0.15, 0.2) is 0 Å². The summed E-state index contributed by atoms with van der Waals surface area (Å²) in [7, 11) is 0. The van der Waals surface area contributed by atoms with Gasteiger partial charge in [0.2, 0.25) is 0 Å². The average molecular weight is 328 g/mol. The predicted octanol–water partition coefficient (Wildman–Crippen LogP) is 2.45. The fourth-order valence-corrected chi connectivity index (χ4v) is 4.54. The van der Waals surface area contributed by atoms with Gasteiger partial charge in [-0.1, -0.05) is 36.4 Å². The number of hydrogen-bond acceptors (Lipinski definition) is 5. The Labute approximate surface area is 140 Å². The topological polar surface area (TPSA) is 61.8 Å². The lowest BCUT2D eigenvalue weighted by molar-refractivity contribution is -0.156. The van der Waals surface area contributed by atoms with Crippen molar-refractivity contribution in [3.05, 3.63) is 41.5 Å². The van der Waals surface area contributed by atoms with Crippen molar-refractivity contribution in [2.45, 2.75) is 44.5 Å². The molecule has 2 heterocycles. The molecule has 24 heavy (non-hydrogen) atoms. The van der Waals surface area contributed by atoms with Crippen molar-refractivity contribution in [1.29, 1.82) is 0 Å². The van der Waals surface area contributed by atoms with E-state index in [-0.39, 0.29) is 42.8 Å². The summed E-state index contributed by atoms with van der Waals surface area (Å²) in [5.41, 5.74) is 1.89. The van der Waals surface area contributed by atoms with Gasteiger partial charge in [-0.25, -0.2) is 0 Å². The molecule has 0 amide bonds. The van der Waals surface area contributed by atoms with E-state index in [9.17, 15) is 9.59 Å². The van der Waals surface area contributed by atoms with E-state index in [4.69, 9.17) is 14.2 Å². The maximum Gasteiger partial charge on any atom is 0.302 e. The third kappa shape index (κ3) is 2.18. The van der Waals surface area contributed by atoms with Crippen molar-refractivity contribution in [2.24, 2.45) is 5.41 Å². The van der Waals surface area contributed by atoms with Crippen LogP contribution in [0.2, 0.25) is 0 Å². The number of fused-ring (bicyclic) bond motifs is 7. The molecule has 1 aromatic carbocycles. The van der Waals surface area contributed by atoms with Crippen LogP contribution in [0.25, 0.3) is 6.08 Å². The van der Waals surface area contributed by atoms with Gasteiger partial charge in [0, 0.05) is 26.2 Å². The first-order valence-electron chi connectivity index (χ1n) is 8.25. The van der Waals surface area contributed by atoms with Gasteiger partial charge < -0.3 is 14.2 Å². The first kappa shape index (κ1) is 15.4. The highest BCUT2D eigenvalue weighted by molar-refractivity contribution is 5.67. The quantitative estimate of drug-likeness (QED) is 0.798. The summed E-state index contributed by atoms with van der Waals surface area (Å²) in [5.74, 6) is -0.521. The fourth-order valence-electron chi connectivity index (χ4n) is 4.54. The molecule has 5 nitrogen and oxygen atoms in total. The Morgan fingerprint density at radius 1 is 1.25 bits per heavy atom. The molecular weight excluding hydrogens is 308 g/mol. The van der Waals surface area contributed by atoms with E-state index >= 15 is 0 Å². The standard InChI is InChI=1S/C19H20O5/c1-11(20)22-10-19-8-7-13-5-3-4-6-14(13)17(19)15-9-16(18(19)24-15)23-12(2)21/h3-8,15-18H,9-10H2,1-2H3/t15-,16-,17+,18+,19+/m0/s1. The molecule has 0 saturated carbocycles. The van der Waals surface area contributed by atoms with Gasteiger partial charge in [0.05, 0.1) is 11.5 Å². The molecule has 0 aromatic heterocycles. The molecular formula is C19H20O5. The first-order valence-corrected chi connectivity index (χ1v) is 8.25. The van der Waals surface area contributed by atoms with Crippen LogP contribution in [0.15, 0.2) is 30.3 Å². The number of hydrogen-bond donors (Lipinski definition) is 0. The lowest BCUT2D eigenvalue weighted by Gasteiger charge is -2.43. The normalized spacial score (nSPS) is 35.2. The highest BCUT2D eigenvalue weighted by Gasteiger charge is 2.65. The lowest BCUT2D eigenvalue weighted by atomic mass is 9.60. The molecule has 3 aliphatic rings. The minimum atomic E-state index is -0.483. The Morgan fingerprint density at radius 3 is 2.79 bits per heavy atom. The molecule has 2 bridgehead atoms. The molecule has 0 N–H and O–H groups in total. The van der Waals surface area contributed by atoms with E-state index in [1.54, 1.807) is 0 Å². The van der Waals surface area contributed by atoms with Gasteiger partial charge in [-0.15, -0.1) is 0 Å². The third-order valence-electron chi connectivity index (χ3n) is 5.35. The second-order valence-electron chi connectivity index (χ2n) is 6.81. The van der Waals surface area contributed by atoms with E-state index in [0.29, 0.717) is 6.42 Å². The summed E-state index contributed by atoms with van der Waals surface area (Å²) in [6.07, 6.45) is 4.20. The van der Waals surface area contributed by atoms with Gasteiger partial charge in [-0.05, 0) is 11.1 Å². The van der Waals surface area contributed by atoms with Crippen molar-refractivity contribution in [3.63, 3.8) is 0 Å². The van der Waals surface area contributed by atoms with Crippen LogP contribution in [-0.4, -0.2) is 36.9 Å². The van der Waals surface area contributed by atoms with Gasteiger partial charge in [-0.2, -0.15) is 0 Å². The van der Waals surface area contributed by atoms with Gasteiger partial charge >= 0.3 is 11.9 Å². The second kappa shape index (κ2) is 5.45. The molecule has 5 heteroatoms. The summed E-state index contributed by atoms with van der Waals surface area (Å²) in [6.45, 7) is 3.05. The van der Waals surface area contributed by atoms with Crippen LogP contribution in [0.3, 0.4) is 0 Å². The van der Waals surface area contributed by atoms with Crippen LogP contribution in [0.1, 0.15) is 37.3 Å². The third-order valence-corrected chi connectivity index (χ3v) is 5.35. The van der Waals surface area contributed by atoms with Crippen LogP contribution in [0.5, 0.6) is 0 Å². The lowest BCUT2D eigenvalue weighted by Crippen LogP contribution is -2.50. The number of ether oxygens (including phenoxy) is 3. The van der Waals surface area contributed by atoms with Gasteiger partial charge in [0.1, 0.15) is 18.8 Å². The number of carbonyl (C=O) groups is 2. The summed E-state index contributed by atoms with van der Waals surface area (Å²) in [6, 6.07) is 8.22. The van der Waals surface area contributed by atoms with E-state index < -0.39 is 5.41 Å². The summed E-state index contributed by atoms with van der Waals surface area (Å²) >= 11 is 0. The number of esters is 2. The van der Waals surface area contributed by atoms with Gasteiger partial charge in [-0.3, -0.25) is 9.59 Å². The van der Waals surface area contributed by atoms with Crippen LogP contribution in [-0.2, 0) is 23.8 Å². The monoisotopic (exact) mass is 328 g/mol. The Bertz CT molecular complexity index is 724. The maximum atomic E-state index is 11.4. The SMILES string of the molecule is CC(=O)OC[C@]12C=Cc3ccccc3[C@@H]1[C@@H]1C[C@H](OC(C)=O)[C@H]2O1. The molecule has 0 spiro atoms. The molecule has 2 fully saturated rings. The van der Waals surface area contributed by atoms with Crippen molar-refractivity contribution in [3.8, 4) is 0 Å². The maximum absolute atomic E-state index is 11.4. The summed E-state index contributed by atoms with van der Waals surface area (Å²) < 4.78 is 17.1. The second-order valence-corrected chi connectivity index (χ2v) is 6.81. The number of benzene rings is 1. The van der Waals surface area contributed by atoms with Gasteiger partial charge in [0.25, 0.3) is 0 Å². The van der Waals surface area contributed by atoms with Crippen LogP contribution in [0, 0.1) is 5.41 Å². The number of rotatable bonds is 3. The van der Waals surface area contributed by atoms with E-state index in [1.165, 1.54) is 25.0 Å². The molecule has 126 valence electrons. The fraction of sp³-hybridized carbons (Fsp3) is 0.474. The number of carbonyl (C=O) groups excluding carboxylic acids is 2. The molecule has 1 aromatic rings. The first-order chi connectivity index (χ1) is 11.5. The van der Waals surface area contributed by atoms with E-state index in [0.717, 1.165) is 0 Å². The Balaban J connectivity index is 1.75. The summed E-state index contributed by atoms with van der Waals surface area (Å²) in [5, 5.41) is 0. The van der Waals surface area contributed by atoms with Crippen LogP contribution >= 0.6 is 0 Å². The molecule has 2 saturated heterocycles. The van der Waals surface area contributed by atoms with Crippen molar-refractivity contribution >= 4 is 18.0 Å². The predicted molar refractivity (Wildman–Crippen MR) is 86.1 cm³/mol. The zero-order valence-electron chi connectivity index (χ0n) is 13.7. The minimum Gasteiger partial charge on any atom is -0.465 e. The highest BCUT2D eigenvalue weighted by atomic mass is 16.6. The summed E-state index contributed by atoms with van der Waals surface area (Å²) in [4.78, 5) is 22.8. The molecule has 2 aliphatic heterocycles. The highest BCUT2D eigenvalue weighted by Crippen LogP contribution is 2.60. The Kier molecular flexibility index (Phi) is 3.49. The zero-order valence-corrected chi connectivity index (χ0v) is 13.7. The van der Waals surface area contributed by atoms with Crippen LogP contribution < -0.4 is 0 Å². The average Bonchev–Trinajstić information content (AvgIpc) is 3.09. The molecule has 4 rings (SSSR count). The Hall–Kier alpha value is -2.14. The van der Waals surface area contributed by atoms with E-state index in [1.807, 2.05) is 12.1 Å². The largest absolute Gasteiger partial charge is 0.465 e. The van der Waals surface area contributed by atoms with Crippen molar-refractivity contribution in [2.75, 3.05) is 6.61 Å². The van der Waals surface area contributed by atoms with Crippen LogP contribution in [0.4, 0.5) is 0 Å². The molecule has 1 aliphatic carbocycles. The van der Waals surface area contributed by atoms with E-state index in [2.05, 4.69) is 24.3 Å². The smallest absolute Gasteiger partial charge is 0.302 e. The Morgan fingerprint density at radius 2 is 2.04 bits per heavy atom. The van der Waals surface area contributed by atoms with Crippen molar-refractivity contribution < 1.29 is 23.8 Å². The minimum absolute atomic E-state index is 0.0407. The zero-order chi connectivity index (χ0) is 16.9. The molecule has 5 atom stereocenters. The van der Waals surface area contributed by atoms with Crippen molar-refractivity contribution in [1.82, 2.24) is 0 Å². The molecule has 0 unspecified atom stereocenters. The molecule has 0 radical (unpaired) electrons.